The van der Waals surface area contributed by atoms with Gasteiger partial charge in [-0.2, -0.15) is 0 Å². The van der Waals surface area contributed by atoms with Gasteiger partial charge in [-0.1, -0.05) is 67.9 Å². The highest BCUT2D eigenvalue weighted by Gasteiger charge is 2.11. The molecule has 0 fully saturated rings. The Morgan fingerprint density at radius 2 is 1.62 bits per heavy atom. The van der Waals surface area contributed by atoms with Crippen molar-refractivity contribution in [1.82, 2.24) is 0 Å². The lowest BCUT2D eigenvalue weighted by Gasteiger charge is -2.04. The summed E-state index contributed by atoms with van der Waals surface area (Å²) in [5, 5.41) is 0. The lowest BCUT2D eigenvalue weighted by molar-refractivity contribution is 0.102. The van der Waals surface area contributed by atoms with E-state index in [1.807, 2.05) is 54.6 Å². The molecule has 0 amide bonds. The first-order valence-electron chi connectivity index (χ1n) is 7.20. The van der Waals surface area contributed by atoms with Crippen molar-refractivity contribution in [2.45, 2.75) is 25.5 Å². The Morgan fingerprint density at radius 1 is 0.952 bits per heavy atom. The molecule has 0 spiro atoms. The first-order valence-corrected chi connectivity index (χ1v) is 8.69. The number of benzene rings is 2. The second-order valence-corrected chi connectivity index (χ2v) is 6.54. The second-order valence-electron chi connectivity index (χ2n) is 5.08. The molecule has 21 heavy (non-hydrogen) atoms. The topological polar surface area (TPSA) is 34.1 Å². The average Bonchev–Trinajstić information content (AvgIpc) is 2.49. The van der Waals surface area contributed by atoms with Crippen molar-refractivity contribution in [3.05, 3.63) is 71.3 Å². The minimum atomic E-state index is -1.16. The Bertz CT molecular complexity index is 603. The Hall–Kier alpha value is -1.74. The molecule has 0 aromatic heterocycles. The summed E-state index contributed by atoms with van der Waals surface area (Å²) >= 11 is 0. The zero-order chi connectivity index (χ0) is 15.1. The molecule has 2 aromatic carbocycles. The fourth-order valence-electron chi connectivity index (χ4n) is 2.19. The molecule has 0 heterocycles. The summed E-state index contributed by atoms with van der Waals surface area (Å²) in [7, 11) is -1.16. The molecule has 0 aliphatic rings. The third kappa shape index (κ3) is 4.94. The van der Waals surface area contributed by atoms with Crippen LogP contribution in [0, 0.1) is 0 Å². The van der Waals surface area contributed by atoms with E-state index in [1.54, 1.807) is 0 Å². The highest BCUT2D eigenvalue weighted by atomic mass is 32.2. The van der Waals surface area contributed by atoms with Crippen LogP contribution in [0.4, 0.5) is 0 Å². The van der Waals surface area contributed by atoms with Gasteiger partial charge in [-0.05, 0) is 17.5 Å². The van der Waals surface area contributed by atoms with Crippen LogP contribution in [-0.4, -0.2) is 15.7 Å². The summed E-state index contributed by atoms with van der Waals surface area (Å²) in [6.45, 7) is 2.13. The maximum Gasteiger partial charge on any atom is 0.175 e. The van der Waals surface area contributed by atoms with Gasteiger partial charge in [0.25, 0.3) is 0 Å². The molecule has 2 aromatic rings. The molecule has 1 atom stereocenters. The number of aryl methyl sites for hydroxylation is 1. The predicted octanol–water partition coefficient (Wildman–Crippen LogP) is 3.77. The first-order chi connectivity index (χ1) is 10.2. The lowest BCUT2D eigenvalue weighted by Crippen LogP contribution is -2.12. The maximum atomic E-state index is 12.1. The second kappa shape index (κ2) is 7.89. The minimum absolute atomic E-state index is 0.0488. The van der Waals surface area contributed by atoms with Gasteiger partial charge in [-0.15, -0.1) is 0 Å². The highest BCUT2D eigenvalue weighted by molar-refractivity contribution is 7.85. The van der Waals surface area contributed by atoms with Gasteiger partial charge in [0.1, 0.15) is 0 Å². The van der Waals surface area contributed by atoms with Gasteiger partial charge in [-0.3, -0.25) is 9.00 Å². The van der Waals surface area contributed by atoms with E-state index in [1.165, 1.54) is 5.56 Å². The van der Waals surface area contributed by atoms with Crippen molar-refractivity contribution in [2.75, 3.05) is 5.75 Å². The van der Waals surface area contributed by atoms with Gasteiger partial charge < -0.3 is 0 Å². The summed E-state index contributed by atoms with van der Waals surface area (Å²) in [5.41, 5.74) is 2.89. The Labute approximate surface area is 128 Å². The molecule has 110 valence electrons. The number of carbonyl (C=O) groups is 1. The van der Waals surface area contributed by atoms with E-state index < -0.39 is 10.8 Å². The molecule has 0 N–H and O–H groups in total. The van der Waals surface area contributed by atoms with Crippen LogP contribution in [0.15, 0.2) is 54.6 Å². The van der Waals surface area contributed by atoms with Crippen LogP contribution >= 0.6 is 0 Å². The molecule has 0 aliphatic carbocycles. The Kier molecular flexibility index (Phi) is 5.88. The van der Waals surface area contributed by atoms with E-state index >= 15 is 0 Å². The van der Waals surface area contributed by atoms with Crippen LogP contribution in [0.1, 0.15) is 34.8 Å². The number of carbonyl (C=O) groups excluding carboxylic acids is 1. The molecule has 2 nitrogen and oxygen atoms in total. The number of rotatable bonds is 7. The molecule has 1 unspecified atom stereocenters. The smallest absolute Gasteiger partial charge is 0.175 e. The maximum absolute atomic E-state index is 12.1. The van der Waals surface area contributed by atoms with Crippen LogP contribution in [-0.2, 0) is 23.0 Å². The standard InChI is InChI=1S/C18H20O2S/c1-2-6-15-9-11-17(12-10-15)18(19)14-21(20)13-16-7-4-3-5-8-16/h3-5,7-12H,2,6,13-14H2,1H3. The van der Waals surface area contributed by atoms with Crippen molar-refractivity contribution < 1.29 is 9.00 Å². The minimum Gasteiger partial charge on any atom is -0.293 e. The SMILES string of the molecule is CCCc1ccc(C(=O)CS(=O)Cc2ccccc2)cc1. The van der Waals surface area contributed by atoms with Crippen LogP contribution in [0.5, 0.6) is 0 Å². The zero-order valence-corrected chi connectivity index (χ0v) is 13.1. The first kappa shape index (κ1) is 15.6. The third-order valence-electron chi connectivity index (χ3n) is 3.28. The largest absolute Gasteiger partial charge is 0.293 e. The van der Waals surface area contributed by atoms with E-state index in [4.69, 9.17) is 0 Å². The molecule has 3 heteroatoms. The van der Waals surface area contributed by atoms with Crippen molar-refractivity contribution >= 4 is 16.6 Å². The van der Waals surface area contributed by atoms with Gasteiger partial charge in [-0.25, -0.2) is 0 Å². The quantitative estimate of drug-likeness (QED) is 0.729. The molecule has 0 aliphatic heterocycles. The van der Waals surface area contributed by atoms with Crippen molar-refractivity contribution in [2.24, 2.45) is 0 Å². The van der Waals surface area contributed by atoms with Crippen molar-refractivity contribution in [1.29, 1.82) is 0 Å². The van der Waals surface area contributed by atoms with Crippen LogP contribution in [0.3, 0.4) is 0 Å². The highest BCUT2D eigenvalue weighted by Crippen LogP contribution is 2.09. The van der Waals surface area contributed by atoms with Crippen molar-refractivity contribution in [3.8, 4) is 0 Å². The number of Topliss-reactive ketones (excluding diaryl/α,β-unsaturated/α-hetero) is 1. The Balaban J connectivity index is 1.93. The molecular formula is C18H20O2S. The van der Waals surface area contributed by atoms with E-state index in [-0.39, 0.29) is 11.5 Å². The summed E-state index contributed by atoms with van der Waals surface area (Å²) < 4.78 is 12.1. The van der Waals surface area contributed by atoms with Gasteiger partial charge in [0.15, 0.2) is 5.78 Å². The zero-order valence-electron chi connectivity index (χ0n) is 12.2. The Morgan fingerprint density at radius 3 is 2.24 bits per heavy atom. The van der Waals surface area contributed by atoms with Gasteiger partial charge >= 0.3 is 0 Å². The molecule has 0 bridgehead atoms. The van der Waals surface area contributed by atoms with E-state index in [2.05, 4.69) is 6.92 Å². The molecular weight excluding hydrogens is 280 g/mol. The van der Waals surface area contributed by atoms with Gasteiger partial charge in [0.05, 0.1) is 5.75 Å². The van der Waals surface area contributed by atoms with Crippen LogP contribution < -0.4 is 0 Å². The van der Waals surface area contributed by atoms with Crippen LogP contribution in [0.25, 0.3) is 0 Å². The summed E-state index contributed by atoms with van der Waals surface area (Å²) in [6, 6.07) is 17.3. The van der Waals surface area contributed by atoms with E-state index in [0.717, 1.165) is 18.4 Å². The fraction of sp³-hybridized carbons (Fsp3) is 0.278. The van der Waals surface area contributed by atoms with Gasteiger partial charge in [0.2, 0.25) is 0 Å². The summed E-state index contributed by atoms with van der Waals surface area (Å²) in [4.78, 5) is 12.1. The normalized spacial score (nSPS) is 12.0. The summed E-state index contributed by atoms with van der Waals surface area (Å²) in [5.74, 6) is 0.468. The molecule has 0 saturated heterocycles. The van der Waals surface area contributed by atoms with Gasteiger partial charge in [0, 0.05) is 22.1 Å². The molecule has 0 saturated carbocycles. The molecule has 0 radical (unpaired) electrons. The monoisotopic (exact) mass is 300 g/mol. The van der Waals surface area contributed by atoms with E-state index in [9.17, 15) is 9.00 Å². The number of ketones is 1. The van der Waals surface area contributed by atoms with Crippen molar-refractivity contribution in [3.63, 3.8) is 0 Å². The van der Waals surface area contributed by atoms with E-state index in [0.29, 0.717) is 11.3 Å². The lowest BCUT2D eigenvalue weighted by atomic mass is 10.1. The molecule has 2 rings (SSSR count). The fourth-order valence-corrected chi connectivity index (χ4v) is 3.31. The third-order valence-corrected chi connectivity index (χ3v) is 4.52. The predicted molar refractivity (Wildman–Crippen MR) is 87.9 cm³/mol. The van der Waals surface area contributed by atoms with Crippen LogP contribution in [0.2, 0.25) is 0 Å². The number of hydrogen-bond donors (Lipinski definition) is 0. The summed E-state index contributed by atoms with van der Waals surface area (Å²) in [6.07, 6.45) is 2.11. The average molecular weight is 300 g/mol. The number of hydrogen-bond acceptors (Lipinski definition) is 2.